The van der Waals surface area contributed by atoms with Crippen molar-refractivity contribution in [3.05, 3.63) is 67.7 Å². The maximum absolute atomic E-state index is 12.4. The van der Waals surface area contributed by atoms with Crippen LogP contribution < -0.4 is 5.32 Å². The van der Waals surface area contributed by atoms with E-state index in [9.17, 15) is 19.7 Å². The van der Waals surface area contributed by atoms with Gasteiger partial charge in [-0.05, 0) is 23.8 Å². The summed E-state index contributed by atoms with van der Waals surface area (Å²) in [5.41, 5.74) is 0.821. The molecule has 0 aliphatic carbocycles. The van der Waals surface area contributed by atoms with Gasteiger partial charge in [0.15, 0.2) is 5.78 Å². The monoisotopic (exact) mass is 366 g/mol. The van der Waals surface area contributed by atoms with Crippen LogP contribution in [0, 0.1) is 10.1 Å². The first-order valence-corrected chi connectivity index (χ1v) is 7.57. The molecule has 0 atom stereocenters. The Hall–Kier alpha value is -2.44. The number of rotatable bonds is 5. The van der Waals surface area contributed by atoms with Crippen LogP contribution in [-0.2, 0) is 11.2 Å². The van der Waals surface area contributed by atoms with Gasteiger partial charge in [0.25, 0.3) is 5.69 Å². The minimum absolute atomic E-state index is 0.0268. The molecule has 2 aromatic carbocycles. The summed E-state index contributed by atoms with van der Waals surface area (Å²) in [6.45, 7) is 1.39. The lowest BCUT2D eigenvalue weighted by Gasteiger charge is -2.08. The first kappa shape index (κ1) is 17.9. The molecule has 0 aliphatic rings. The first-order valence-electron chi connectivity index (χ1n) is 6.81. The molecule has 0 spiro atoms. The van der Waals surface area contributed by atoms with E-state index in [-0.39, 0.29) is 33.6 Å². The van der Waals surface area contributed by atoms with Gasteiger partial charge in [-0.1, -0.05) is 35.3 Å². The summed E-state index contributed by atoms with van der Waals surface area (Å²) >= 11 is 11.9. The molecular formula is C16H12Cl2N2O4. The Balaban J connectivity index is 2.25. The molecular weight excluding hydrogens is 355 g/mol. The van der Waals surface area contributed by atoms with E-state index in [0.717, 1.165) is 6.07 Å². The quantitative estimate of drug-likeness (QED) is 0.485. The van der Waals surface area contributed by atoms with E-state index >= 15 is 0 Å². The van der Waals surface area contributed by atoms with Gasteiger partial charge in [-0.15, -0.1) is 0 Å². The van der Waals surface area contributed by atoms with Crippen LogP contribution in [0.2, 0.25) is 10.0 Å². The third-order valence-electron chi connectivity index (χ3n) is 3.19. The molecule has 24 heavy (non-hydrogen) atoms. The second kappa shape index (κ2) is 7.42. The predicted octanol–water partition coefficient (Wildman–Crippen LogP) is 4.29. The molecule has 0 bridgehead atoms. The largest absolute Gasteiger partial charge is 0.326 e. The molecule has 0 heterocycles. The predicted molar refractivity (Wildman–Crippen MR) is 91.9 cm³/mol. The number of benzene rings is 2. The van der Waals surface area contributed by atoms with Crippen LogP contribution in [0.3, 0.4) is 0 Å². The summed E-state index contributed by atoms with van der Waals surface area (Å²) in [6, 6.07) is 9.08. The van der Waals surface area contributed by atoms with Crippen LogP contribution in [0.15, 0.2) is 36.4 Å². The molecule has 0 unspecified atom stereocenters. The number of nitro groups is 1. The highest BCUT2D eigenvalue weighted by molar-refractivity contribution is 6.41. The van der Waals surface area contributed by atoms with Crippen molar-refractivity contribution >= 4 is 46.3 Å². The zero-order valence-corrected chi connectivity index (χ0v) is 14.0. The Kier molecular flexibility index (Phi) is 5.54. The van der Waals surface area contributed by atoms with Gasteiger partial charge in [0.2, 0.25) is 5.91 Å². The van der Waals surface area contributed by atoms with Gasteiger partial charge in [-0.2, -0.15) is 0 Å². The summed E-state index contributed by atoms with van der Waals surface area (Å²) in [5, 5.41) is 13.3. The fraction of sp³-hybridized carbons (Fsp3) is 0.125. The van der Waals surface area contributed by atoms with Crippen molar-refractivity contribution in [1.29, 1.82) is 0 Å². The van der Waals surface area contributed by atoms with E-state index in [1.54, 1.807) is 24.3 Å². The highest BCUT2D eigenvalue weighted by Gasteiger charge is 2.23. The Bertz CT molecular complexity index is 820. The molecule has 0 aliphatic heterocycles. The Labute approximate surface area is 147 Å². The molecule has 8 heteroatoms. The van der Waals surface area contributed by atoms with Gasteiger partial charge in [0.05, 0.1) is 15.5 Å². The summed E-state index contributed by atoms with van der Waals surface area (Å²) < 4.78 is 0. The number of hydrogen-bond donors (Lipinski definition) is 1. The second-order valence-electron chi connectivity index (χ2n) is 4.99. The van der Waals surface area contributed by atoms with E-state index in [1.165, 1.54) is 13.0 Å². The fourth-order valence-corrected chi connectivity index (χ4v) is 2.77. The first-order chi connectivity index (χ1) is 11.3. The van der Waals surface area contributed by atoms with Crippen molar-refractivity contribution in [2.75, 3.05) is 5.32 Å². The van der Waals surface area contributed by atoms with E-state index in [4.69, 9.17) is 23.2 Å². The molecule has 6 nitrogen and oxygen atoms in total. The Morgan fingerprint density at radius 3 is 2.29 bits per heavy atom. The second-order valence-corrected chi connectivity index (χ2v) is 5.78. The normalized spacial score (nSPS) is 10.3. The molecule has 1 amide bonds. The Morgan fingerprint density at radius 1 is 1.12 bits per heavy atom. The lowest BCUT2D eigenvalue weighted by molar-refractivity contribution is -0.384. The molecule has 0 radical (unpaired) electrons. The van der Waals surface area contributed by atoms with Crippen molar-refractivity contribution in [1.82, 2.24) is 0 Å². The van der Waals surface area contributed by atoms with Gasteiger partial charge in [-0.3, -0.25) is 19.7 Å². The SMILES string of the molecule is CC(=O)Nc1ccc(CC(=O)c2c(Cl)ccc([N+](=O)[O-])c2Cl)cc1. The average Bonchev–Trinajstić information content (AvgIpc) is 2.48. The third-order valence-corrected chi connectivity index (χ3v) is 3.88. The number of carbonyl (C=O) groups is 2. The summed E-state index contributed by atoms with van der Waals surface area (Å²) in [5.74, 6) is -0.630. The molecule has 0 saturated carbocycles. The van der Waals surface area contributed by atoms with E-state index in [0.29, 0.717) is 11.3 Å². The fourth-order valence-electron chi connectivity index (χ4n) is 2.12. The average molecular weight is 367 g/mol. The number of carbonyl (C=O) groups excluding carboxylic acids is 2. The zero-order chi connectivity index (χ0) is 17.9. The lowest BCUT2D eigenvalue weighted by Crippen LogP contribution is -2.08. The van der Waals surface area contributed by atoms with E-state index < -0.39 is 10.7 Å². The molecule has 0 fully saturated rings. The number of nitro benzene ring substituents is 1. The third kappa shape index (κ3) is 4.10. The van der Waals surface area contributed by atoms with Crippen LogP contribution in [0.1, 0.15) is 22.8 Å². The summed E-state index contributed by atoms with van der Waals surface area (Å²) in [6.07, 6.45) is -0.0268. The van der Waals surface area contributed by atoms with Crippen molar-refractivity contribution in [3.63, 3.8) is 0 Å². The lowest BCUT2D eigenvalue weighted by atomic mass is 10.0. The maximum atomic E-state index is 12.4. The smallest absolute Gasteiger partial charge is 0.288 e. The van der Waals surface area contributed by atoms with Crippen molar-refractivity contribution < 1.29 is 14.5 Å². The molecule has 0 aromatic heterocycles. The van der Waals surface area contributed by atoms with Crippen LogP contribution in [0.5, 0.6) is 0 Å². The van der Waals surface area contributed by atoms with Gasteiger partial charge in [0, 0.05) is 25.1 Å². The van der Waals surface area contributed by atoms with Crippen LogP contribution >= 0.6 is 23.2 Å². The van der Waals surface area contributed by atoms with Crippen molar-refractivity contribution in [2.45, 2.75) is 13.3 Å². The van der Waals surface area contributed by atoms with E-state index in [2.05, 4.69) is 5.32 Å². The van der Waals surface area contributed by atoms with Crippen LogP contribution in [0.25, 0.3) is 0 Å². The zero-order valence-electron chi connectivity index (χ0n) is 12.5. The molecule has 1 N–H and O–H groups in total. The highest BCUT2D eigenvalue weighted by Crippen LogP contribution is 2.34. The van der Waals surface area contributed by atoms with Gasteiger partial charge in [-0.25, -0.2) is 0 Å². The van der Waals surface area contributed by atoms with Crippen LogP contribution in [-0.4, -0.2) is 16.6 Å². The number of anilines is 1. The maximum Gasteiger partial charge on any atom is 0.288 e. The number of hydrogen-bond acceptors (Lipinski definition) is 4. The van der Waals surface area contributed by atoms with Crippen LogP contribution in [0.4, 0.5) is 11.4 Å². The summed E-state index contributed by atoms with van der Waals surface area (Å²) in [4.78, 5) is 33.7. The molecule has 2 aromatic rings. The number of amides is 1. The minimum atomic E-state index is -0.669. The number of ketones is 1. The van der Waals surface area contributed by atoms with Gasteiger partial charge in [0.1, 0.15) is 5.02 Å². The van der Waals surface area contributed by atoms with Gasteiger partial charge >= 0.3 is 0 Å². The number of halogens is 2. The summed E-state index contributed by atoms with van der Waals surface area (Å²) in [7, 11) is 0. The molecule has 2 rings (SSSR count). The molecule has 0 saturated heterocycles. The van der Waals surface area contributed by atoms with Crippen molar-refractivity contribution in [2.24, 2.45) is 0 Å². The number of Topliss-reactive ketones (excluding diaryl/α,β-unsaturated/α-hetero) is 1. The highest BCUT2D eigenvalue weighted by atomic mass is 35.5. The van der Waals surface area contributed by atoms with Gasteiger partial charge < -0.3 is 5.32 Å². The number of nitrogens with zero attached hydrogens (tertiary/aromatic N) is 1. The standard InChI is InChI=1S/C16H12Cl2N2O4/c1-9(21)19-11-4-2-10(3-5-11)8-14(22)15-12(17)6-7-13(16(15)18)20(23)24/h2-7H,8H2,1H3,(H,19,21). The minimum Gasteiger partial charge on any atom is -0.326 e. The topological polar surface area (TPSA) is 89.3 Å². The Morgan fingerprint density at radius 2 is 1.75 bits per heavy atom. The number of nitrogens with one attached hydrogen (secondary N) is 1. The van der Waals surface area contributed by atoms with E-state index in [1.807, 2.05) is 0 Å². The van der Waals surface area contributed by atoms with Crippen molar-refractivity contribution in [3.8, 4) is 0 Å². The molecule has 124 valence electrons.